The van der Waals surface area contributed by atoms with Crippen LogP contribution < -0.4 is 4.90 Å². The third-order valence-corrected chi connectivity index (χ3v) is 3.46. The number of carbonyl (C=O) groups excluding carboxylic acids is 1. The molecule has 1 aromatic carbocycles. The molecule has 0 aromatic heterocycles. The lowest BCUT2D eigenvalue weighted by atomic mass is 10.1. The summed E-state index contributed by atoms with van der Waals surface area (Å²) in [6, 6.07) is 5.15. The number of hydrogen-bond donors (Lipinski definition) is 1. The fraction of sp³-hybridized carbons (Fsp3) is 0.364. The van der Waals surface area contributed by atoms with Gasteiger partial charge < -0.3 is 9.45 Å². The summed E-state index contributed by atoms with van der Waals surface area (Å²) >= 11 is -1.96. The summed E-state index contributed by atoms with van der Waals surface area (Å²) in [6.07, 6.45) is 0.736. The molecule has 0 radical (unpaired) electrons. The molecular weight excluding hydrogens is 226 g/mol. The Labute approximate surface area is 96.5 Å². The molecule has 2 atom stereocenters. The predicted octanol–water partition coefficient (Wildman–Crippen LogP) is 1.56. The van der Waals surface area contributed by atoms with Gasteiger partial charge in [0.1, 0.15) is 0 Å². The van der Waals surface area contributed by atoms with Crippen molar-refractivity contribution in [1.29, 1.82) is 0 Å². The van der Waals surface area contributed by atoms with Crippen molar-refractivity contribution in [3.8, 4) is 0 Å². The van der Waals surface area contributed by atoms with Gasteiger partial charge in [-0.25, -0.2) is 4.21 Å². The van der Waals surface area contributed by atoms with Crippen molar-refractivity contribution in [2.75, 3.05) is 4.90 Å². The van der Waals surface area contributed by atoms with Gasteiger partial charge in [-0.3, -0.25) is 4.79 Å². The highest BCUT2D eigenvalue weighted by Crippen LogP contribution is 2.33. The van der Waals surface area contributed by atoms with E-state index in [1.54, 1.807) is 23.1 Å². The van der Waals surface area contributed by atoms with E-state index in [2.05, 4.69) is 0 Å². The van der Waals surface area contributed by atoms with Crippen LogP contribution in [0, 0.1) is 0 Å². The third kappa shape index (κ3) is 1.76. The van der Waals surface area contributed by atoms with E-state index in [0.717, 1.165) is 17.7 Å². The van der Waals surface area contributed by atoms with Gasteiger partial charge in [-0.1, -0.05) is 0 Å². The van der Waals surface area contributed by atoms with Gasteiger partial charge in [-0.2, -0.15) is 0 Å². The van der Waals surface area contributed by atoms with Gasteiger partial charge in [0.05, 0.1) is 4.90 Å². The van der Waals surface area contributed by atoms with Crippen LogP contribution in [0.1, 0.15) is 19.4 Å². The Morgan fingerprint density at radius 2 is 2.25 bits per heavy atom. The fourth-order valence-corrected chi connectivity index (χ4v) is 2.62. The quantitative estimate of drug-likeness (QED) is 0.757. The second kappa shape index (κ2) is 3.99. The van der Waals surface area contributed by atoms with Crippen LogP contribution in [0.5, 0.6) is 0 Å². The maximum absolute atomic E-state index is 11.5. The average molecular weight is 239 g/mol. The van der Waals surface area contributed by atoms with E-state index in [-0.39, 0.29) is 11.9 Å². The molecule has 2 rings (SSSR count). The molecule has 1 N–H and O–H groups in total. The van der Waals surface area contributed by atoms with Crippen LogP contribution in [0.15, 0.2) is 23.1 Å². The number of anilines is 1. The highest BCUT2D eigenvalue weighted by molar-refractivity contribution is 7.79. The van der Waals surface area contributed by atoms with E-state index < -0.39 is 11.1 Å². The lowest BCUT2D eigenvalue weighted by molar-refractivity contribution is -0.116. The van der Waals surface area contributed by atoms with Crippen molar-refractivity contribution < 1.29 is 13.6 Å². The molecule has 0 bridgehead atoms. The highest BCUT2D eigenvalue weighted by atomic mass is 32.2. The molecule has 1 amide bonds. The second-order valence-corrected chi connectivity index (χ2v) is 4.95. The van der Waals surface area contributed by atoms with Crippen molar-refractivity contribution >= 4 is 22.7 Å². The van der Waals surface area contributed by atoms with Gasteiger partial charge in [0.15, 0.2) is 11.1 Å². The van der Waals surface area contributed by atoms with Crippen molar-refractivity contribution in [2.24, 2.45) is 0 Å². The molecule has 1 heterocycles. The molecule has 86 valence electrons. The molecule has 0 saturated heterocycles. The standard InChI is InChI=1S/C11H13NO3S/c1-7-5-9-6-10(16(14)15)3-4-11(9)12(7)8(2)13/h3-4,6-7H,5H2,1-2H3,(H,14,15). The summed E-state index contributed by atoms with van der Waals surface area (Å²) in [6.45, 7) is 3.50. The predicted molar refractivity (Wildman–Crippen MR) is 61.8 cm³/mol. The second-order valence-electron chi connectivity index (χ2n) is 3.98. The largest absolute Gasteiger partial charge is 0.309 e. The number of fused-ring (bicyclic) bond motifs is 1. The van der Waals surface area contributed by atoms with Gasteiger partial charge >= 0.3 is 0 Å². The molecule has 4 nitrogen and oxygen atoms in total. The van der Waals surface area contributed by atoms with Crippen LogP contribution in [0.2, 0.25) is 0 Å². The number of hydrogen-bond acceptors (Lipinski definition) is 2. The van der Waals surface area contributed by atoms with Gasteiger partial charge in [0.2, 0.25) is 5.91 Å². The molecular formula is C11H13NO3S. The molecule has 1 aromatic rings. The Balaban J connectivity index is 2.46. The summed E-state index contributed by atoms with van der Waals surface area (Å²) < 4.78 is 19.9. The molecule has 1 aliphatic rings. The minimum absolute atomic E-state index is 0.00382. The molecule has 16 heavy (non-hydrogen) atoms. The summed E-state index contributed by atoms with van der Waals surface area (Å²) in [7, 11) is 0. The van der Waals surface area contributed by atoms with Crippen LogP contribution in [0.25, 0.3) is 0 Å². The van der Waals surface area contributed by atoms with Crippen molar-refractivity contribution in [2.45, 2.75) is 31.2 Å². The summed E-state index contributed by atoms with van der Waals surface area (Å²) in [4.78, 5) is 13.6. The minimum Gasteiger partial charge on any atom is -0.309 e. The molecule has 0 fully saturated rings. The van der Waals surface area contributed by atoms with E-state index >= 15 is 0 Å². The van der Waals surface area contributed by atoms with Gasteiger partial charge in [-0.05, 0) is 37.1 Å². The van der Waals surface area contributed by atoms with E-state index in [9.17, 15) is 9.00 Å². The molecule has 0 aliphatic carbocycles. The zero-order valence-electron chi connectivity index (χ0n) is 9.14. The SMILES string of the molecule is CC(=O)N1c2ccc(S(=O)O)cc2CC1C. The smallest absolute Gasteiger partial charge is 0.224 e. The first-order valence-electron chi connectivity index (χ1n) is 5.04. The molecule has 1 aliphatic heterocycles. The topological polar surface area (TPSA) is 57.6 Å². The van der Waals surface area contributed by atoms with Crippen LogP contribution in [0.3, 0.4) is 0 Å². The number of rotatable bonds is 1. The Morgan fingerprint density at radius 1 is 1.56 bits per heavy atom. The average Bonchev–Trinajstić information content (AvgIpc) is 2.51. The maximum Gasteiger partial charge on any atom is 0.224 e. The van der Waals surface area contributed by atoms with Crippen LogP contribution in [-0.4, -0.2) is 20.7 Å². The molecule has 2 unspecified atom stereocenters. The lowest BCUT2D eigenvalue weighted by Crippen LogP contribution is -2.33. The molecule has 0 spiro atoms. The van der Waals surface area contributed by atoms with E-state index in [4.69, 9.17) is 4.55 Å². The Bertz CT molecular complexity index is 472. The minimum atomic E-state index is -1.96. The Kier molecular flexibility index (Phi) is 2.82. The van der Waals surface area contributed by atoms with Gasteiger partial charge in [0.25, 0.3) is 0 Å². The number of carbonyl (C=O) groups is 1. The Morgan fingerprint density at radius 3 is 2.81 bits per heavy atom. The summed E-state index contributed by atoms with van der Waals surface area (Å²) in [5.41, 5.74) is 1.82. The van der Waals surface area contributed by atoms with Crippen LogP contribution in [-0.2, 0) is 22.3 Å². The zero-order chi connectivity index (χ0) is 11.9. The van der Waals surface area contributed by atoms with Crippen molar-refractivity contribution in [3.05, 3.63) is 23.8 Å². The monoisotopic (exact) mass is 239 g/mol. The number of amides is 1. The third-order valence-electron chi connectivity index (χ3n) is 2.81. The summed E-state index contributed by atoms with van der Waals surface area (Å²) in [5, 5.41) is 0. The maximum atomic E-state index is 11.5. The van der Waals surface area contributed by atoms with Gasteiger partial charge in [0, 0.05) is 18.7 Å². The zero-order valence-corrected chi connectivity index (χ0v) is 9.95. The number of benzene rings is 1. The van der Waals surface area contributed by atoms with E-state index in [0.29, 0.717) is 4.90 Å². The van der Waals surface area contributed by atoms with Crippen LogP contribution in [0.4, 0.5) is 5.69 Å². The molecule has 0 saturated carbocycles. The summed E-state index contributed by atoms with van der Waals surface area (Å²) in [5.74, 6) is 0.00382. The fourth-order valence-electron chi connectivity index (χ4n) is 2.20. The van der Waals surface area contributed by atoms with E-state index in [1.165, 1.54) is 6.92 Å². The van der Waals surface area contributed by atoms with E-state index in [1.807, 2.05) is 6.92 Å². The normalized spacial score (nSPS) is 20.7. The van der Waals surface area contributed by atoms with Gasteiger partial charge in [-0.15, -0.1) is 0 Å². The lowest BCUT2D eigenvalue weighted by Gasteiger charge is -2.20. The molecule has 5 heteroatoms. The first-order chi connectivity index (χ1) is 7.50. The van der Waals surface area contributed by atoms with Crippen LogP contribution >= 0.6 is 0 Å². The van der Waals surface area contributed by atoms with Crippen molar-refractivity contribution in [3.63, 3.8) is 0 Å². The van der Waals surface area contributed by atoms with Crippen molar-refractivity contribution in [1.82, 2.24) is 0 Å². The first-order valence-corrected chi connectivity index (χ1v) is 6.15. The highest BCUT2D eigenvalue weighted by Gasteiger charge is 2.29. The first kappa shape index (κ1) is 11.3. The Hall–Kier alpha value is -1.20. The number of nitrogens with zero attached hydrogens (tertiary/aromatic N) is 1.